The van der Waals surface area contributed by atoms with Gasteiger partial charge >= 0.3 is 6.03 Å². The maximum Gasteiger partial charge on any atom is 0.328 e. The molecule has 0 bridgehead atoms. The molecule has 0 aromatic heterocycles. The maximum atomic E-state index is 10.8. The second kappa shape index (κ2) is 4.30. The molecule has 0 aliphatic rings. The lowest BCUT2D eigenvalue weighted by Crippen LogP contribution is -2.42. The van der Waals surface area contributed by atoms with E-state index < -0.39 is 16.1 Å². The molecule has 2 N–H and O–H groups in total. The quantitative estimate of drug-likeness (QED) is 0.666. The average Bonchev–Trinajstić information content (AvgIpc) is 1.84. The summed E-state index contributed by atoms with van der Waals surface area (Å²) in [5.41, 5.74) is 0. The largest absolute Gasteiger partial charge is 0.335 e. The second-order valence-corrected chi connectivity index (χ2v) is 4.64. The number of carbonyl (C=O) groups excluding carboxylic acids is 1. The van der Waals surface area contributed by atoms with Crippen molar-refractivity contribution in [3.8, 4) is 0 Å². The second-order valence-electron chi connectivity index (χ2n) is 2.63. The lowest BCUT2D eigenvalue weighted by Gasteiger charge is -2.08. The van der Waals surface area contributed by atoms with Crippen LogP contribution in [0.15, 0.2) is 0 Å². The van der Waals surface area contributed by atoms with E-state index in [-0.39, 0.29) is 11.8 Å². The molecule has 0 radical (unpaired) electrons. The summed E-state index contributed by atoms with van der Waals surface area (Å²) in [6.07, 6.45) is 0. The van der Waals surface area contributed by atoms with E-state index in [0.29, 0.717) is 0 Å². The highest BCUT2D eigenvalue weighted by Gasteiger charge is 2.11. The van der Waals surface area contributed by atoms with Crippen molar-refractivity contribution in [1.82, 2.24) is 10.0 Å². The SMILES string of the molecule is CCS(=O)(=O)NC(=O)NC(C)C. The molecule has 2 amide bonds. The van der Waals surface area contributed by atoms with Gasteiger partial charge in [-0.05, 0) is 20.8 Å². The molecule has 0 aliphatic carbocycles. The highest BCUT2D eigenvalue weighted by Crippen LogP contribution is 1.83. The van der Waals surface area contributed by atoms with Crippen molar-refractivity contribution in [3.05, 3.63) is 0 Å². The molecule has 0 spiro atoms. The zero-order valence-electron chi connectivity index (χ0n) is 7.42. The summed E-state index contributed by atoms with van der Waals surface area (Å²) in [5.74, 6) is -0.0987. The van der Waals surface area contributed by atoms with Crippen molar-refractivity contribution in [3.63, 3.8) is 0 Å². The molecule has 5 nitrogen and oxygen atoms in total. The van der Waals surface area contributed by atoms with Crippen molar-refractivity contribution >= 4 is 16.1 Å². The summed E-state index contributed by atoms with van der Waals surface area (Å²) in [7, 11) is -3.43. The summed E-state index contributed by atoms with van der Waals surface area (Å²) in [4.78, 5) is 10.8. The number of amides is 2. The first-order valence-corrected chi connectivity index (χ1v) is 5.33. The molecule has 0 aliphatic heterocycles. The third kappa shape index (κ3) is 4.95. The van der Waals surface area contributed by atoms with E-state index in [1.54, 1.807) is 13.8 Å². The van der Waals surface area contributed by atoms with Crippen LogP contribution in [0.2, 0.25) is 0 Å². The molecule has 0 saturated heterocycles. The zero-order chi connectivity index (χ0) is 9.78. The van der Waals surface area contributed by atoms with Gasteiger partial charge in [-0.3, -0.25) is 0 Å². The first-order chi connectivity index (χ1) is 5.37. The van der Waals surface area contributed by atoms with Crippen LogP contribution in [0.25, 0.3) is 0 Å². The van der Waals surface area contributed by atoms with Crippen LogP contribution in [0, 0.1) is 0 Å². The van der Waals surface area contributed by atoms with E-state index in [4.69, 9.17) is 0 Å². The van der Waals surface area contributed by atoms with Gasteiger partial charge < -0.3 is 5.32 Å². The first kappa shape index (κ1) is 11.2. The number of carbonyl (C=O) groups is 1. The summed E-state index contributed by atoms with van der Waals surface area (Å²) in [6.45, 7) is 4.96. The molecular formula is C6H14N2O3S. The Labute approximate surface area is 72.6 Å². The summed E-state index contributed by atoms with van der Waals surface area (Å²) >= 11 is 0. The molecule has 0 aromatic rings. The van der Waals surface area contributed by atoms with E-state index in [1.807, 2.05) is 4.72 Å². The lowest BCUT2D eigenvalue weighted by molar-refractivity contribution is 0.243. The van der Waals surface area contributed by atoms with Crippen LogP contribution in [-0.4, -0.2) is 26.2 Å². The molecule has 0 fully saturated rings. The Balaban J connectivity index is 4.02. The fourth-order valence-electron chi connectivity index (χ4n) is 0.505. The van der Waals surface area contributed by atoms with Crippen LogP contribution in [0.5, 0.6) is 0 Å². The normalized spacial score (nSPS) is 11.3. The third-order valence-corrected chi connectivity index (χ3v) is 2.30. The summed E-state index contributed by atoms with van der Waals surface area (Å²) < 4.78 is 23.5. The number of nitrogens with one attached hydrogen (secondary N) is 2. The molecule has 72 valence electrons. The number of urea groups is 1. The van der Waals surface area contributed by atoms with Crippen molar-refractivity contribution < 1.29 is 13.2 Å². The molecule has 0 aromatic carbocycles. The predicted molar refractivity (Wildman–Crippen MR) is 46.3 cm³/mol. The number of hydrogen-bond acceptors (Lipinski definition) is 3. The number of sulfonamides is 1. The van der Waals surface area contributed by atoms with Gasteiger partial charge in [0.2, 0.25) is 10.0 Å². The molecule has 0 atom stereocenters. The monoisotopic (exact) mass is 194 g/mol. The molecule has 6 heteroatoms. The number of rotatable bonds is 3. The highest BCUT2D eigenvalue weighted by molar-refractivity contribution is 7.90. The predicted octanol–water partition coefficient (Wildman–Crippen LogP) is 0.0437. The fraction of sp³-hybridized carbons (Fsp3) is 0.833. The van der Waals surface area contributed by atoms with Gasteiger partial charge in [0, 0.05) is 6.04 Å². The zero-order valence-corrected chi connectivity index (χ0v) is 8.23. The van der Waals surface area contributed by atoms with Gasteiger partial charge in [-0.1, -0.05) is 0 Å². The van der Waals surface area contributed by atoms with Crippen LogP contribution in [0.1, 0.15) is 20.8 Å². The Bertz CT molecular complexity index is 246. The van der Waals surface area contributed by atoms with Gasteiger partial charge in [0.1, 0.15) is 0 Å². The first-order valence-electron chi connectivity index (χ1n) is 3.68. The van der Waals surface area contributed by atoms with Gasteiger partial charge in [0.05, 0.1) is 5.75 Å². The molecular weight excluding hydrogens is 180 g/mol. The fourth-order valence-corrected chi connectivity index (χ4v) is 0.991. The minimum absolute atomic E-state index is 0.0722. The molecule has 0 saturated carbocycles. The van der Waals surface area contributed by atoms with Gasteiger partial charge in [-0.2, -0.15) is 0 Å². The molecule has 0 unspecified atom stereocenters. The summed E-state index contributed by atoms with van der Waals surface area (Å²) in [6, 6.07) is -0.746. The highest BCUT2D eigenvalue weighted by atomic mass is 32.2. The Morgan fingerprint density at radius 3 is 2.25 bits per heavy atom. The lowest BCUT2D eigenvalue weighted by atomic mass is 10.4. The Hall–Kier alpha value is -0.780. The van der Waals surface area contributed by atoms with E-state index in [9.17, 15) is 13.2 Å². The maximum absolute atomic E-state index is 10.8. The van der Waals surface area contributed by atoms with E-state index >= 15 is 0 Å². The van der Waals surface area contributed by atoms with Gasteiger partial charge in [0.15, 0.2) is 0 Å². The van der Waals surface area contributed by atoms with Crippen molar-refractivity contribution in [1.29, 1.82) is 0 Å². The van der Waals surface area contributed by atoms with Crippen LogP contribution in [0.4, 0.5) is 4.79 Å². The minimum atomic E-state index is -3.43. The van der Waals surface area contributed by atoms with E-state index in [1.165, 1.54) is 6.92 Å². The van der Waals surface area contributed by atoms with E-state index in [0.717, 1.165) is 0 Å². The van der Waals surface area contributed by atoms with E-state index in [2.05, 4.69) is 5.32 Å². The Morgan fingerprint density at radius 1 is 1.42 bits per heavy atom. The smallest absolute Gasteiger partial charge is 0.328 e. The van der Waals surface area contributed by atoms with Crippen molar-refractivity contribution in [2.75, 3.05) is 5.75 Å². The Morgan fingerprint density at radius 2 is 1.92 bits per heavy atom. The van der Waals surface area contributed by atoms with Crippen LogP contribution in [0.3, 0.4) is 0 Å². The average molecular weight is 194 g/mol. The van der Waals surface area contributed by atoms with Gasteiger partial charge in [-0.25, -0.2) is 17.9 Å². The summed E-state index contributed by atoms with van der Waals surface area (Å²) in [5, 5.41) is 2.40. The number of hydrogen-bond donors (Lipinski definition) is 2. The molecule has 12 heavy (non-hydrogen) atoms. The standard InChI is InChI=1S/C6H14N2O3S/c1-4-12(10,11)8-6(9)7-5(2)3/h5H,4H2,1-3H3,(H2,7,8,9). The third-order valence-electron chi connectivity index (χ3n) is 1.05. The van der Waals surface area contributed by atoms with Gasteiger partial charge in [-0.15, -0.1) is 0 Å². The van der Waals surface area contributed by atoms with Gasteiger partial charge in [0.25, 0.3) is 0 Å². The topological polar surface area (TPSA) is 75.3 Å². The van der Waals surface area contributed by atoms with Crippen LogP contribution >= 0.6 is 0 Å². The molecule has 0 heterocycles. The Kier molecular flexibility index (Phi) is 4.02. The van der Waals surface area contributed by atoms with Crippen molar-refractivity contribution in [2.24, 2.45) is 0 Å². The molecule has 0 rings (SSSR count). The van der Waals surface area contributed by atoms with Crippen LogP contribution in [-0.2, 0) is 10.0 Å². The van der Waals surface area contributed by atoms with Crippen LogP contribution < -0.4 is 10.0 Å². The minimum Gasteiger partial charge on any atom is -0.335 e. The van der Waals surface area contributed by atoms with Crippen molar-refractivity contribution in [2.45, 2.75) is 26.8 Å².